The molecule has 1 heterocycles. The van der Waals surface area contributed by atoms with Gasteiger partial charge in [0.05, 0.1) is 0 Å². The maximum atomic E-state index is 13.4. The highest BCUT2D eigenvalue weighted by Crippen LogP contribution is 2.19. The number of hydrogen-bond acceptors (Lipinski definition) is 2. The van der Waals surface area contributed by atoms with Crippen molar-refractivity contribution in [2.45, 2.75) is 31.7 Å². The Morgan fingerprint density at radius 3 is 2.85 bits per heavy atom. The average Bonchev–Trinajstić information content (AvgIpc) is 2.88. The summed E-state index contributed by atoms with van der Waals surface area (Å²) in [5.74, 6) is -0.979. The zero-order valence-corrected chi connectivity index (χ0v) is 12.0. The minimum absolute atomic E-state index is 0. The summed E-state index contributed by atoms with van der Waals surface area (Å²) in [5, 5.41) is 0. The normalized spacial score (nSPS) is 17.9. The number of rotatable bonds is 4. The lowest BCUT2D eigenvalue weighted by Crippen LogP contribution is -2.40. The van der Waals surface area contributed by atoms with Crippen LogP contribution in [0.25, 0.3) is 0 Å². The van der Waals surface area contributed by atoms with Crippen molar-refractivity contribution in [3.63, 3.8) is 0 Å². The second kappa shape index (κ2) is 7.55. The quantitative estimate of drug-likeness (QED) is 0.927. The van der Waals surface area contributed by atoms with Crippen LogP contribution in [0.1, 0.15) is 24.8 Å². The van der Waals surface area contributed by atoms with Gasteiger partial charge in [-0.2, -0.15) is 0 Å². The maximum absolute atomic E-state index is 13.4. The van der Waals surface area contributed by atoms with E-state index in [1.807, 2.05) is 0 Å². The van der Waals surface area contributed by atoms with Gasteiger partial charge in [0.1, 0.15) is 11.6 Å². The molecule has 112 valence electrons. The molecule has 2 rings (SSSR count). The number of likely N-dealkylation sites (tertiary alicyclic amines) is 1. The summed E-state index contributed by atoms with van der Waals surface area (Å²) in [7, 11) is 0. The van der Waals surface area contributed by atoms with Gasteiger partial charge >= 0.3 is 0 Å². The van der Waals surface area contributed by atoms with Crippen LogP contribution in [0.2, 0.25) is 0 Å². The molecule has 1 aromatic carbocycles. The van der Waals surface area contributed by atoms with Crippen molar-refractivity contribution in [1.82, 2.24) is 4.90 Å². The van der Waals surface area contributed by atoms with Crippen molar-refractivity contribution >= 4 is 18.3 Å². The monoisotopic (exact) mass is 304 g/mol. The first kappa shape index (κ1) is 16.9. The van der Waals surface area contributed by atoms with E-state index in [0.717, 1.165) is 31.0 Å². The molecule has 1 aromatic rings. The lowest BCUT2D eigenvalue weighted by molar-refractivity contribution is -0.131. The molecule has 0 spiro atoms. The van der Waals surface area contributed by atoms with Gasteiger partial charge in [0.2, 0.25) is 5.91 Å². The van der Waals surface area contributed by atoms with Gasteiger partial charge in [-0.15, -0.1) is 12.4 Å². The lowest BCUT2D eigenvalue weighted by Gasteiger charge is -2.23. The van der Waals surface area contributed by atoms with Gasteiger partial charge in [0.25, 0.3) is 0 Å². The van der Waals surface area contributed by atoms with Crippen LogP contribution in [0, 0.1) is 11.6 Å². The SMILES string of the molecule is Cl.NCC1CCCN1C(=O)CCc1cc(F)ccc1F. The van der Waals surface area contributed by atoms with Crippen molar-refractivity contribution in [2.24, 2.45) is 5.73 Å². The van der Waals surface area contributed by atoms with Gasteiger partial charge in [-0.1, -0.05) is 0 Å². The van der Waals surface area contributed by atoms with Crippen molar-refractivity contribution in [2.75, 3.05) is 13.1 Å². The number of aryl methyl sites for hydroxylation is 1. The van der Waals surface area contributed by atoms with E-state index in [1.165, 1.54) is 0 Å². The van der Waals surface area contributed by atoms with Gasteiger partial charge in [-0.05, 0) is 43.0 Å². The molecule has 0 bridgehead atoms. The van der Waals surface area contributed by atoms with Crippen molar-refractivity contribution < 1.29 is 13.6 Å². The lowest BCUT2D eigenvalue weighted by atomic mass is 10.1. The summed E-state index contributed by atoms with van der Waals surface area (Å²) in [5.41, 5.74) is 5.86. The van der Waals surface area contributed by atoms with E-state index in [1.54, 1.807) is 4.90 Å². The molecule has 6 heteroatoms. The number of nitrogens with zero attached hydrogens (tertiary/aromatic N) is 1. The number of carbonyl (C=O) groups excluding carboxylic acids is 1. The topological polar surface area (TPSA) is 46.3 Å². The molecule has 1 atom stereocenters. The molecule has 0 radical (unpaired) electrons. The fourth-order valence-corrected chi connectivity index (χ4v) is 2.53. The predicted molar refractivity (Wildman–Crippen MR) is 75.7 cm³/mol. The molecule has 0 saturated carbocycles. The highest BCUT2D eigenvalue weighted by atomic mass is 35.5. The first-order valence-corrected chi connectivity index (χ1v) is 6.55. The first-order valence-electron chi connectivity index (χ1n) is 6.55. The Labute approximate surface area is 123 Å². The molecule has 0 aliphatic carbocycles. The standard InChI is InChI=1S/C14H18F2N2O.ClH/c15-11-4-5-13(16)10(8-11)3-6-14(19)18-7-1-2-12(18)9-17;/h4-5,8,12H,1-3,6-7,9,17H2;1H. The smallest absolute Gasteiger partial charge is 0.223 e. The van der Waals surface area contributed by atoms with E-state index >= 15 is 0 Å². The molecule has 1 fully saturated rings. The fraction of sp³-hybridized carbons (Fsp3) is 0.500. The second-order valence-corrected chi connectivity index (χ2v) is 4.85. The third-order valence-electron chi connectivity index (χ3n) is 3.59. The summed E-state index contributed by atoms with van der Waals surface area (Å²) in [6.07, 6.45) is 2.30. The van der Waals surface area contributed by atoms with Crippen molar-refractivity contribution in [3.8, 4) is 0 Å². The van der Waals surface area contributed by atoms with E-state index in [2.05, 4.69) is 0 Å². The zero-order chi connectivity index (χ0) is 13.8. The van der Waals surface area contributed by atoms with E-state index in [4.69, 9.17) is 5.73 Å². The second-order valence-electron chi connectivity index (χ2n) is 4.85. The van der Waals surface area contributed by atoms with E-state index in [9.17, 15) is 13.6 Å². The molecular formula is C14H19ClF2N2O. The summed E-state index contributed by atoms with van der Waals surface area (Å²) in [6, 6.07) is 3.41. The van der Waals surface area contributed by atoms with Crippen LogP contribution >= 0.6 is 12.4 Å². The molecule has 0 aromatic heterocycles. The summed E-state index contributed by atoms with van der Waals surface area (Å²) < 4.78 is 26.4. The number of carbonyl (C=O) groups is 1. The molecule has 20 heavy (non-hydrogen) atoms. The van der Waals surface area contributed by atoms with Crippen LogP contribution in [-0.4, -0.2) is 29.9 Å². The highest BCUT2D eigenvalue weighted by molar-refractivity contribution is 5.85. The summed E-state index contributed by atoms with van der Waals surface area (Å²) >= 11 is 0. The van der Waals surface area contributed by atoms with Crippen molar-refractivity contribution in [1.29, 1.82) is 0 Å². The molecule has 1 aliphatic rings. The molecular weight excluding hydrogens is 286 g/mol. The molecule has 3 nitrogen and oxygen atoms in total. The number of nitrogens with two attached hydrogens (primary N) is 1. The van der Waals surface area contributed by atoms with Gasteiger partial charge in [0, 0.05) is 25.6 Å². The minimum atomic E-state index is -0.482. The van der Waals surface area contributed by atoms with Gasteiger partial charge in [0.15, 0.2) is 0 Å². The predicted octanol–water partition coefficient (Wildman–Crippen LogP) is 2.27. The number of halogens is 3. The van der Waals surface area contributed by atoms with E-state index in [-0.39, 0.29) is 42.8 Å². The highest BCUT2D eigenvalue weighted by Gasteiger charge is 2.27. The molecule has 1 amide bonds. The number of hydrogen-bond donors (Lipinski definition) is 1. The Morgan fingerprint density at radius 1 is 1.40 bits per heavy atom. The van der Waals surface area contributed by atoms with Crippen LogP contribution in [-0.2, 0) is 11.2 Å². The molecule has 2 N–H and O–H groups in total. The molecule has 1 aliphatic heterocycles. The van der Waals surface area contributed by atoms with Crippen LogP contribution in [0.5, 0.6) is 0 Å². The summed E-state index contributed by atoms with van der Waals surface area (Å²) in [4.78, 5) is 13.8. The van der Waals surface area contributed by atoms with Gasteiger partial charge in [-0.25, -0.2) is 8.78 Å². The number of amides is 1. The molecule has 1 unspecified atom stereocenters. The van der Waals surface area contributed by atoms with Crippen LogP contribution in [0.15, 0.2) is 18.2 Å². The third kappa shape index (κ3) is 3.90. The van der Waals surface area contributed by atoms with Crippen LogP contribution in [0.4, 0.5) is 8.78 Å². The van der Waals surface area contributed by atoms with Gasteiger partial charge < -0.3 is 10.6 Å². The number of benzene rings is 1. The Hall–Kier alpha value is -1.20. The van der Waals surface area contributed by atoms with E-state index < -0.39 is 11.6 Å². The average molecular weight is 305 g/mol. The zero-order valence-electron chi connectivity index (χ0n) is 11.1. The van der Waals surface area contributed by atoms with E-state index in [0.29, 0.717) is 13.1 Å². The van der Waals surface area contributed by atoms with Gasteiger partial charge in [-0.3, -0.25) is 4.79 Å². The third-order valence-corrected chi connectivity index (χ3v) is 3.59. The Bertz CT molecular complexity index is 470. The minimum Gasteiger partial charge on any atom is -0.338 e. The Balaban J connectivity index is 0.00000200. The summed E-state index contributed by atoms with van der Waals surface area (Å²) in [6.45, 7) is 1.17. The Morgan fingerprint density at radius 2 is 2.15 bits per heavy atom. The first-order chi connectivity index (χ1) is 9.11. The fourth-order valence-electron chi connectivity index (χ4n) is 2.53. The van der Waals surface area contributed by atoms with Crippen molar-refractivity contribution in [3.05, 3.63) is 35.4 Å². The largest absolute Gasteiger partial charge is 0.338 e. The Kier molecular flexibility index (Phi) is 6.36. The molecule has 1 saturated heterocycles. The van der Waals surface area contributed by atoms with Crippen LogP contribution < -0.4 is 5.73 Å². The van der Waals surface area contributed by atoms with Crippen LogP contribution in [0.3, 0.4) is 0 Å². The maximum Gasteiger partial charge on any atom is 0.223 e.